The third-order valence-corrected chi connectivity index (χ3v) is 5.15. The van der Waals surface area contributed by atoms with Crippen molar-refractivity contribution in [3.63, 3.8) is 0 Å². The monoisotopic (exact) mass is 416 g/mol. The van der Waals surface area contributed by atoms with E-state index in [0.717, 1.165) is 15.7 Å². The van der Waals surface area contributed by atoms with Crippen LogP contribution in [0.1, 0.15) is 22.8 Å². The molecule has 1 aliphatic rings. The van der Waals surface area contributed by atoms with Crippen molar-refractivity contribution in [2.45, 2.75) is 19.4 Å². The van der Waals surface area contributed by atoms with E-state index in [4.69, 9.17) is 4.74 Å². The lowest BCUT2D eigenvalue weighted by molar-refractivity contribution is -0.155. The number of imide groups is 1. The van der Waals surface area contributed by atoms with Gasteiger partial charge in [0.25, 0.3) is 11.8 Å². The molecule has 0 saturated carbocycles. The molecule has 1 aliphatic heterocycles. The molecule has 0 spiro atoms. The fourth-order valence-electron chi connectivity index (χ4n) is 3.55. The zero-order valence-corrected chi connectivity index (χ0v) is 16.8. The first-order chi connectivity index (χ1) is 14.9. The predicted molar refractivity (Wildman–Crippen MR) is 114 cm³/mol. The van der Waals surface area contributed by atoms with Gasteiger partial charge < -0.3 is 10.1 Å². The Morgan fingerprint density at radius 3 is 2.55 bits per heavy atom. The van der Waals surface area contributed by atoms with Crippen molar-refractivity contribution in [1.82, 2.24) is 4.90 Å². The second kappa shape index (κ2) is 8.39. The normalized spacial score (nSPS) is 14.2. The predicted octanol–water partition coefficient (Wildman–Crippen LogP) is 2.94. The summed E-state index contributed by atoms with van der Waals surface area (Å²) in [6.45, 7) is 0.894. The molecule has 0 fully saturated rings. The number of nitrogens with one attached hydrogen (secondary N) is 1. The molecule has 31 heavy (non-hydrogen) atoms. The fourth-order valence-corrected chi connectivity index (χ4v) is 3.55. The van der Waals surface area contributed by atoms with Crippen molar-refractivity contribution in [1.29, 1.82) is 0 Å². The Kier molecular flexibility index (Phi) is 5.49. The van der Waals surface area contributed by atoms with E-state index in [1.54, 1.807) is 30.3 Å². The van der Waals surface area contributed by atoms with Crippen LogP contribution in [-0.4, -0.2) is 41.2 Å². The molecule has 0 unspecified atom stereocenters. The standard InChI is InChI=1S/C24H20N2O5/c1-15(23(29)25-20-12-6-9-16-7-2-4-10-18(16)20)31-22(28)14-26-21(27)13-17-8-3-5-11-19(17)24(26)30/h2-12,15H,13-14H2,1H3,(H,25,29)/t15-/m1/s1. The average molecular weight is 416 g/mol. The van der Waals surface area contributed by atoms with Gasteiger partial charge in [-0.15, -0.1) is 0 Å². The number of hydrogen-bond acceptors (Lipinski definition) is 5. The Morgan fingerprint density at radius 2 is 1.71 bits per heavy atom. The van der Waals surface area contributed by atoms with Crippen LogP contribution >= 0.6 is 0 Å². The molecule has 7 heteroatoms. The van der Waals surface area contributed by atoms with Crippen LogP contribution in [0.25, 0.3) is 10.8 Å². The summed E-state index contributed by atoms with van der Waals surface area (Å²) in [5.41, 5.74) is 1.62. The molecular formula is C24H20N2O5. The Bertz CT molecular complexity index is 1200. The molecule has 156 valence electrons. The second-order valence-corrected chi connectivity index (χ2v) is 7.27. The van der Waals surface area contributed by atoms with Gasteiger partial charge in [-0.1, -0.05) is 54.6 Å². The molecule has 3 aromatic carbocycles. The minimum absolute atomic E-state index is 0.0340. The number of benzene rings is 3. The highest BCUT2D eigenvalue weighted by atomic mass is 16.5. The quantitative estimate of drug-likeness (QED) is 0.510. The third kappa shape index (κ3) is 4.16. The minimum atomic E-state index is -1.10. The zero-order chi connectivity index (χ0) is 22.0. The summed E-state index contributed by atoms with van der Waals surface area (Å²) in [6.07, 6.45) is -1.07. The van der Waals surface area contributed by atoms with Crippen molar-refractivity contribution in [3.05, 3.63) is 77.9 Å². The van der Waals surface area contributed by atoms with Crippen LogP contribution in [0.4, 0.5) is 5.69 Å². The number of esters is 1. The van der Waals surface area contributed by atoms with Gasteiger partial charge in [-0.05, 0) is 30.0 Å². The van der Waals surface area contributed by atoms with E-state index in [0.29, 0.717) is 16.8 Å². The number of fused-ring (bicyclic) bond motifs is 2. The minimum Gasteiger partial charge on any atom is -0.451 e. The SMILES string of the molecule is C[C@@H](OC(=O)CN1C(=O)Cc2ccccc2C1=O)C(=O)Nc1cccc2ccccc12. The second-order valence-electron chi connectivity index (χ2n) is 7.27. The topological polar surface area (TPSA) is 92.8 Å². The Hall–Kier alpha value is -4.00. The van der Waals surface area contributed by atoms with Gasteiger partial charge in [0.15, 0.2) is 6.10 Å². The molecule has 7 nitrogen and oxygen atoms in total. The van der Waals surface area contributed by atoms with E-state index in [1.165, 1.54) is 6.92 Å². The molecule has 3 amide bonds. The van der Waals surface area contributed by atoms with Gasteiger partial charge >= 0.3 is 5.97 Å². The summed E-state index contributed by atoms with van der Waals surface area (Å²) >= 11 is 0. The van der Waals surface area contributed by atoms with Gasteiger partial charge in [-0.25, -0.2) is 0 Å². The smallest absolute Gasteiger partial charge is 0.326 e. The Labute approximate surface area is 178 Å². The van der Waals surface area contributed by atoms with E-state index in [-0.39, 0.29) is 6.42 Å². The van der Waals surface area contributed by atoms with Crippen molar-refractivity contribution in [2.75, 3.05) is 11.9 Å². The summed E-state index contributed by atoms with van der Waals surface area (Å²) in [7, 11) is 0. The molecule has 1 atom stereocenters. The van der Waals surface area contributed by atoms with Crippen LogP contribution in [0.3, 0.4) is 0 Å². The zero-order valence-electron chi connectivity index (χ0n) is 16.8. The van der Waals surface area contributed by atoms with Crippen molar-refractivity contribution < 1.29 is 23.9 Å². The third-order valence-electron chi connectivity index (χ3n) is 5.15. The molecule has 4 rings (SSSR count). The van der Waals surface area contributed by atoms with Gasteiger partial charge in [0.05, 0.1) is 6.42 Å². The summed E-state index contributed by atoms with van der Waals surface area (Å²) in [6, 6.07) is 19.9. The summed E-state index contributed by atoms with van der Waals surface area (Å²) in [5, 5.41) is 4.59. The first kappa shape index (κ1) is 20.3. The maximum atomic E-state index is 12.6. The molecule has 3 aromatic rings. The molecule has 0 radical (unpaired) electrons. The molecular weight excluding hydrogens is 396 g/mol. The first-order valence-electron chi connectivity index (χ1n) is 9.85. The van der Waals surface area contributed by atoms with Gasteiger partial charge in [0.1, 0.15) is 6.54 Å². The van der Waals surface area contributed by atoms with Crippen molar-refractivity contribution >= 4 is 40.2 Å². The van der Waals surface area contributed by atoms with Crippen LogP contribution in [0, 0.1) is 0 Å². The lowest BCUT2D eigenvalue weighted by Crippen LogP contribution is -2.46. The van der Waals surface area contributed by atoms with Gasteiger partial charge in [0.2, 0.25) is 5.91 Å². The van der Waals surface area contributed by atoms with Gasteiger partial charge in [0, 0.05) is 16.6 Å². The maximum absolute atomic E-state index is 12.6. The number of nitrogens with zero attached hydrogens (tertiary/aromatic N) is 1. The molecule has 0 aliphatic carbocycles. The number of carbonyl (C=O) groups is 4. The van der Waals surface area contributed by atoms with Crippen molar-refractivity contribution in [3.8, 4) is 0 Å². The van der Waals surface area contributed by atoms with E-state index >= 15 is 0 Å². The number of carbonyl (C=O) groups excluding carboxylic acids is 4. The Balaban J connectivity index is 1.40. The van der Waals surface area contributed by atoms with Crippen LogP contribution in [0.5, 0.6) is 0 Å². The summed E-state index contributed by atoms with van der Waals surface area (Å²) < 4.78 is 5.19. The summed E-state index contributed by atoms with van der Waals surface area (Å²) in [4.78, 5) is 50.6. The van der Waals surface area contributed by atoms with Crippen LogP contribution in [-0.2, 0) is 25.5 Å². The van der Waals surface area contributed by atoms with Crippen molar-refractivity contribution in [2.24, 2.45) is 0 Å². The molecule has 1 heterocycles. The van der Waals surface area contributed by atoms with Crippen LogP contribution < -0.4 is 5.32 Å². The molecule has 0 saturated heterocycles. The highest BCUT2D eigenvalue weighted by Crippen LogP contribution is 2.23. The first-order valence-corrected chi connectivity index (χ1v) is 9.85. The van der Waals surface area contributed by atoms with E-state index in [1.807, 2.05) is 36.4 Å². The number of anilines is 1. The van der Waals surface area contributed by atoms with Gasteiger partial charge in [-0.2, -0.15) is 0 Å². The van der Waals surface area contributed by atoms with Crippen LogP contribution in [0.15, 0.2) is 66.7 Å². The van der Waals surface area contributed by atoms with Gasteiger partial charge in [-0.3, -0.25) is 24.1 Å². The average Bonchev–Trinajstić information content (AvgIpc) is 2.77. The maximum Gasteiger partial charge on any atom is 0.326 e. The highest BCUT2D eigenvalue weighted by molar-refractivity contribution is 6.11. The molecule has 0 aromatic heterocycles. The number of rotatable bonds is 5. The molecule has 1 N–H and O–H groups in total. The highest BCUT2D eigenvalue weighted by Gasteiger charge is 2.33. The fraction of sp³-hybridized carbons (Fsp3) is 0.167. The number of hydrogen-bond donors (Lipinski definition) is 1. The van der Waals surface area contributed by atoms with E-state index < -0.39 is 36.3 Å². The lowest BCUT2D eigenvalue weighted by Gasteiger charge is -2.26. The summed E-state index contributed by atoms with van der Waals surface area (Å²) in [5.74, 6) is -2.36. The van der Waals surface area contributed by atoms with Crippen LogP contribution in [0.2, 0.25) is 0 Å². The lowest BCUT2D eigenvalue weighted by atomic mass is 9.98. The Morgan fingerprint density at radius 1 is 1.00 bits per heavy atom. The van der Waals surface area contributed by atoms with E-state index in [2.05, 4.69) is 5.32 Å². The molecule has 0 bridgehead atoms. The number of amides is 3. The number of ether oxygens (including phenoxy) is 1. The van der Waals surface area contributed by atoms with E-state index in [9.17, 15) is 19.2 Å². The largest absolute Gasteiger partial charge is 0.451 e.